The number of hydrogen-bond acceptors (Lipinski definition) is 2. The fourth-order valence-electron chi connectivity index (χ4n) is 3.93. The van der Waals surface area contributed by atoms with Crippen molar-refractivity contribution in [3.63, 3.8) is 0 Å². The number of amides is 1. The Balaban J connectivity index is 1.65. The minimum Gasteiger partial charge on any atom is -0.367 e. The van der Waals surface area contributed by atoms with Gasteiger partial charge in [0.25, 0.3) is 0 Å². The van der Waals surface area contributed by atoms with Crippen molar-refractivity contribution in [3.8, 4) is 0 Å². The van der Waals surface area contributed by atoms with E-state index in [2.05, 4.69) is 23.1 Å². The molecule has 0 N–H and O–H groups in total. The predicted molar refractivity (Wildman–Crippen MR) is 102 cm³/mol. The molecule has 4 rings (SSSR count). The van der Waals surface area contributed by atoms with Gasteiger partial charge in [-0.25, -0.2) is 0 Å². The largest absolute Gasteiger partial charge is 0.367 e. The van der Waals surface area contributed by atoms with E-state index in [-0.39, 0.29) is 11.9 Å². The van der Waals surface area contributed by atoms with E-state index in [1.54, 1.807) is 0 Å². The molecule has 1 atom stereocenters. The molecule has 3 nitrogen and oxygen atoms in total. The van der Waals surface area contributed by atoms with Gasteiger partial charge in [0.15, 0.2) is 0 Å². The van der Waals surface area contributed by atoms with Gasteiger partial charge in [0.2, 0.25) is 5.91 Å². The van der Waals surface area contributed by atoms with Gasteiger partial charge in [-0.3, -0.25) is 4.79 Å². The molecule has 1 saturated heterocycles. The van der Waals surface area contributed by atoms with Gasteiger partial charge in [-0.2, -0.15) is 0 Å². The molecule has 1 amide bonds. The van der Waals surface area contributed by atoms with Crippen LogP contribution in [0.2, 0.25) is 10.0 Å². The third-order valence-electron chi connectivity index (χ3n) is 5.13. The summed E-state index contributed by atoms with van der Waals surface area (Å²) < 4.78 is 0. The Labute approximate surface area is 158 Å². The maximum atomic E-state index is 12.2. The van der Waals surface area contributed by atoms with Crippen molar-refractivity contribution in [2.45, 2.75) is 31.8 Å². The minimum atomic E-state index is 0.144. The molecule has 25 heavy (non-hydrogen) atoms. The fourth-order valence-corrected chi connectivity index (χ4v) is 4.24. The van der Waals surface area contributed by atoms with Crippen LogP contribution in [0.5, 0.6) is 0 Å². The molecule has 2 aromatic rings. The summed E-state index contributed by atoms with van der Waals surface area (Å²) in [4.78, 5) is 16.6. The number of fused-ring (bicyclic) bond motifs is 1. The molecule has 0 aromatic heterocycles. The van der Waals surface area contributed by atoms with Crippen LogP contribution in [-0.2, 0) is 11.3 Å². The fraction of sp³-hybridized carbons (Fsp3) is 0.350. The molecule has 0 aliphatic carbocycles. The van der Waals surface area contributed by atoms with E-state index in [1.165, 1.54) is 16.8 Å². The third kappa shape index (κ3) is 3.36. The summed E-state index contributed by atoms with van der Waals surface area (Å²) in [5.41, 5.74) is 3.57. The van der Waals surface area contributed by atoms with Crippen LogP contribution in [0.25, 0.3) is 0 Å². The smallest absolute Gasteiger partial charge is 0.223 e. The van der Waals surface area contributed by atoms with Gasteiger partial charge in [-0.1, -0.05) is 35.3 Å². The van der Waals surface area contributed by atoms with E-state index < -0.39 is 0 Å². The Bertz CT molecular complexity index is 791. The van der Waals surface area contributed by atoms with Crippen LogP contribution in [0, 0.1) is 0 Å². The Morgan fingerprint density at radius 1 is 1.00 bits per heavy atom. The molecule has 0 spiro atoms. The van der Waals surface area contributed by atoms with E-state index in [1.807, 2.05) is 29.2 Å². The highest BCUT2D eigenvalue weighted by Gasteiger charge is 2.34. The lowest BCUT2D eigenvalue weighted by Gasteiger charge is -2.39. The van der Waals surface area contributed by atoms with Crippen LogP contribution in [0.3, 0.4) is 0 Å². The van der Waals surface area contributed by atoms with Gasteiger partial charge in [-0.05, 0) is 54.3 Å². The molecular formula is C20H20Cl2N2O. The first-order valence-electron chi connectivity index (χ1n) is 8.70. The molecule has 130 valence electrons. The second kappa shape index (κ2) is 6.89. The maximum absolute atomic E-state index is 12.2. The Morgan fingerprint density at radius 2 is 1.76 bits per heavy atom. The van der Waals surface area contributed by atoms with Crippen molar-refractivity contribution in [1.82, 2.24) is 4.90 Å². The van der Waals surface area contributed by atoms with Crippen LogP contribution >= 0.6 is 23.2 Å². The number of halogens is 2. The molecule has 2 aliphatic rings. The zero-order chi connectivity index (χ0) is 17.4. The molecule has 5 heteroatoms. The van der Waals surface area contributed by atoms with Crippen molar-refractivity contribution in [3.05, 3.63) is 63.6 Å². The lowest BCUT2D eigenvalue weighted by Crippen LogP contribution is -2.38. The zero-order valence-electron chi connectivity index (χ0n) is 13.9. The van der Waals surface area contributed by atoms with Gasteiger partial charge in [0.05, 0.1) is 6.04 Å². The molecule has 2 aromatic carbocycles. The average molecular weight is 375 g/mol. The number of hydrogen-bond donors (Lipinski definition) is 0. The Hall–Kier alpha value is -1.71. The van der Waals surface area contributed by atoms with Crippen LogP contribution in [0.1, 0.15) is 36.4 Å². The van der Waals surface area contributed by atoms with Gasteiger partial charge in [0.1, 0.15) is 0 Å². The second-order valence-corrected chi connectivity index (χ2v) is 7.62. The monoisotopic (exact) mass is 374 g/mol. The van der Waals surface area contributed by atoms with E-state index >= 15 is 0 Å². The third-order valence-corrected chi connectivity index (χ3v) is 5.62. The summed E-state index contributed by atoms with van der Waals surface area (Å²) in [5.74, 6) is 0.266. The van der Waals surface area contributed by atoms with E-state index in [0.29, 0.717) is 6.42 Å². The zero-order valence-corrected chi connectivity index (χ0v) is 15.4. The number of rotatable bonds is 3. The highest BCUT2D eigenvalue weighted by Crippen LogP contribution is 2.41. The summed E-state index contributed by atoms with van der Waals surface area (Å²) in [7, 11) is 0. The van der Waals surface area contributed by atoms with Crippen LogP contribution in [0.15, 0.2) is 42.5 Å². The number of likely N-dealkylation sites (tertiary alicyclic amines) is 1. The first-order chi connectivity index (χ1) is 12.1. The summed E-state index contributed by atoms with van der Waals surface area (Å²) in [5, 5.41) is 1.48. The lowest BCUT2D eigenvalue weighted by atomic mass is 9.94. The first kappa shape index (κ1) is 16.7. The summed E-state index contributed by atoms with van der Waals surface area (Å²) in [6, 6.07) is 14.2. The standard InChI is InChI=1S/C20H20Cl2N2O/c21-15-5-3-14(4-6-15)13-23-11-9-19(24-10-1-2-20(24)25)17-12-16(22)7-8-18(17)23/h3-8,12,19H,1-2,9-11,13H2. The number of carbonyl (C=O) groups excluding carboxylic acids is 1. The molecule has 2 heterocycles. The van der Waals surface area contributed by atoms with Crippen molar-refractivity contribution >= 4 is 34.8 Å². The van der Waals surface area contributed by atoms with Crippen molar-refractivity contribution in [2.24, 2.45) is 0 Å². The maximum Gasteiger partial charge on any atom is 0.223 e. The Morgan fingerprint density at radius 3 is 2.48 bits per heavy atom. The van der Waals surface area contributed by atoms with Crippen LogP contribution in [0.4, 0.5) is 5.69 Å². The van der Waals surface area contributed by atoms with Gasteiger partial charge in [0, 0.05) is 41.8 Å². The number of benzene rings is 2. The van der Waals surface area contributed by atoms with Crippen molar-refractivity contribution < 1.29 is 4.79 Å². The van der Waals surface area contributed by atoms with E-state index in [0.717, 1.165) is 42.5 Å². The SMILES string of the molecule is O=C1CCCN1C1CCN(Cc2ccc(Cl)cc2)c2ccc(Cl)cc21. The summed E-state index contributed by atoms with van der Waals surface area (Å²) in [6.45, 7) is 2.60. The van der Waals surface area contributed by atoms with Gasteiger partial charge >= 0.3 is 0 Å². The lowest BCUT2D eigenvalue weighted by molar-refractivity contribution is -0.130. The second-order valence-electron chi connectivity index (χ2n) is 6.75. The molecule has 0 bridgehead atoms. The molecule has 0 saturated carbocycles. The van der Waals surface area contributed by atoms with E-state index in [9.17, 15) is 4.79 Å². The molecular weight excluding hydrogens is 355 g/mol. The van der Waals surface area contributed by atoms with Gasteiger partial charge < -0.3 is 9.80 Å². The highest BCUT2D eigenvalue weighted by molar-refractivity contribution is 6.31. The predicted octanol–water partition coefficient (Wildman–Crippen LogP) is 5.07. The van der Waals surface area contributed by atoms with E-state index in [4.69, 9.17) is 23.2 Å². The Kier molecular flexibility index (Phi) is 4.61. The topological polar surface area (TPSA) is 23.6 Å². The van der Waals surface area contributed by atoms with Crippen LogP contribution in [-0.4, -0.2) is 23.9 Å². The molecule has 1 unspecified atom stereocenters. The molecule has 2 aliphatic heterocycles. The quantitative estimate of drug-likeness (QED) is 0.748. The average Bonchev–Trinajstić information content (AvgIpc) is 3.03. The molecule has 1 fully saturated rings. The number of nitrogens with zero attached hydrogens (tertiary/aromatic N) is 2. The van der Waals surface area contributed by atoms with Crippen molar-refractivity contribution in [1.29, 1.82) is 0 Å². The number of carbonyl (C=O) groups is 1. The van der Waals surface area contributed by atoms with Gasteiger partial charge in [-0.15, -0.1) is 0 Å². The highest BCUT2D eigenvalue weighted by atomic mass is 35.5. The summed E-state index contributed by atoms with van der Waals surface area (Å²) in [6.07, 6.45) is 2.56. The van der Waals surface area contributed by atoms with Crippen molar-refractivity contribution in [2.75, 3.05) is 18.0 Å². The molecule has 0 radical (unpaired) electrons. The van der Waals surface area contributed by atoms with Crippen LogP contribution < -0.4 is 4.90 Å². The summed E-state index contributed by atoms with van der Waals surface area (Å²) >= 11 is 12.3. The minimum absolute atomic E-state index is 0.144. The number of anilines is 1. The first-order valence-corrected chi connectivity index (χ1v) is 9.46. The normalized spacial score (nSPS) is 20.1.